The number of esters is 1. The third-order valence-corrected chi connectivity index (χ3v) is 9.13. The smallest absolute Gasteiger partial charge is 0.326 e. The number of rotatable bonds is 38. The zero-order valence-corrected chi connectivity index (χ0v) is 35.4. The van der Waals surface area contributed by atoms with E-state index in [9.17, 15) is 19.5 Å². The second-order valence-electron chi connectivity index (χ2n) is 14.3. The fourth-order valence-electron chi connectivity index (χ4n) is 5.88. The Morgan fingerprint density at radius 3 is 1.50 bits per heavy atom. The van der Waals surface area contributed by atoms with Gasteiger partial charge in [0, 0.05) is 12.8 Å². The van der Waals surface area contributed by atoms with E-state index < -0.39 is 12.0 Å². The molecule has 2 unspecified atom stereocenters. The van der Waals surface area contributed by atoms with Gasteiger partial charge in [0.2, 0.25) is 5.91 Å². The average molecular weight is 777 g/mol. The molecule has 0 bridgehead atoms. The maximum absolute atomic E-state index is 12.8. The van der Waals surface area contributed by atoms with Crippen molar-refractivity contribution in [3.8, 4) is 0 Å². The minimum Gasteiger partial charge on any atom is -0.480 e. The van der Waals surface area contributed by atoms with Gasteiger partial charge in [0.1, 0.15) is 12.1 Å². The Morgan fingerprint density at radius 2 is 0.982 bits per heavy atom. The van der Waals surface area contributed by atoms with E-state index >= 15 is 0 Å². The van der Waals surface area contributed by atoms with E-state index in [1.165, 1.54) is 32.1 Å². The lowest BCUT2D eigenvalue weighted by Gasteiger charge is -2.15. The summed E-state index contributed by atoms with van der Waals surface area (Å²) in [6.07, 6.45) is 57.5. The first-order valence-corrected chi connectivity index (χ1v) is 22.1. The zero-order valence-electron chi connectivity index (χ0n) is 35.4. The number of hydrogen-bond donors (Lipinski definition) is 3. The van der Waals surface area contributed by atoms with Gasteiger partial charge in [-0.15, -0.1) is 0 Å². The number of carboxylic acids is 1. The van der Waals surface area contributed by atoms with E-state index in [1.54, 1.807) is 0 Å². The number of carboxylic acid groups (broad SMARTS) is 1. The molecule has 0 aliphatic heterocycles. The minimum atomic E-state index is -1.03. The molecule has 0 heterocycles. The maximum atomic E-state index is 12.8. The average Bonchev–Trinajstić information content (AvgIpc) is 3.18. The van der Waals surface area contributed by atoms with Gasteiger partial charge in [-0.1, -0.05) is 150 Å². The summed E-state index contributed by atoms with van der Waals surface area (Å²) in [4.78, 5) is 36.5. The van der Waals surface area contributed by atoms with Crippen LogP contribution in [0.5, 0.6) is 0 Å². The molecule has 0 radical (unpaired) electrons. The molecule has 1 amide bonds. The molecule has 2 atom stereocenters. The molecule has 0 aromatic heterocycles. The van der Waals surface area contributed by atoms with Crippen molar-refractivity contribution >= 4 is 17.8 Å². The number of carbonyl (C=O) groups is 3. The highest BCUT2D eigenvalue weighted by Crippen LogP contribution is 2.15. The van der Waals surface area contributed by atoms with Gasteiger partial charge in [-0.3, -0.25) is 9.59 Å². The van der Waals surface area contributed by atoms with Crippen LogP contribution in [-0.2, 0) is 19.1 Å². The van der Waals surface area contributed by atoms with Crippen LogP contribution in [0.1, 0.15) is 174 Å². The summed E-state index contributed by atoms with van der Waals surface area (Å²) in [6.45, 7) is 4.68. The second-order valence-corrected chi connectivity index (χ2v) is 14.3. The van der Waals surface area contributed by atoms with Gasteiger partial charge >= 0.3 is 11.9 Å². The molecular formula is C49H80N2O5. The van der Waals surface area contributed by atoms with Crippen LogP contribution in [-0.4, -0.2) is 41.6 Å². The molecule has 0 aromatic rings. The molecule has 7 nitrogen and oxygen atoms in total. The van der Waals surface area contributed by atoms with E-state index in [1.807, 2.05) is 6.08 Å². The van der Waals surface area contributed by atoms with Crippen molar-refractivity contribution < 1.29 is 24.2 Å². The molecule has 0 spiro atoms. The van der Waals surface area contributed by atoms with Gasteiger partial charge in [0.05, 0.1) is 0 Å². The molecule has 0 saturated carbocycles. The van der Waals surface area contributed by atoms with Crippen LogP contribution in [0.4, 0.5) is 0 Å². The van der Waals surface area contributed by atoms with Crippen molar-refractivity contribution in [3.05, 3.63) is 97.2 Å². The lowest BCUT2D eigenvalue weighted by atomic mass is 10.1. The first-order valence-electron chi connectivity index (χ1n) is 22.1. The van der Waals surface area contributed by atoms with Gasteiger partial charge in [-0.25, -0.2) is 4.79 Å². The Hall–Kier alpha value is -3.71. The Kier molecular flexibility index (Phi) is 39.6. The number of unbranched alkanes of at least 4 members (excludes halogenated alkanes) is 10. The molecule has 0 aliphatic carbocycles. The normalized spacial score (nSPS) is 13.6. The van der Waals surface area contributed by atoms with E-state index in [4.69, 9.17) is 10.5 Å². The van der Waals surface area contributed by atoms with Crippen LogP contribution in [0.2, 0.25) is 0 Å². The predicted molar refractivity (Wildman–Crippen MR) is 238 cm³/mol. The summed E-state index contributed by atoms with van der Waals surface area (Å²) in [7, 11) is 0. The number of hydrogen-bond acceptors (Lipinski definition) is 5. The van der Waals surface area contributed by atoms with Gasteiger partial charge in [-0.2, -0.15) is 0 Å². The number of carbonyl (C=O) groups excluding carboxylic acids is 2. The van der Waals surface area contributed by atoms with Crippen molar-refractivity contribution in [1.29, 1.82) is 0 Å². The number of allylic oxidation sites excluding steroid dienone is 15. The summed E-state index contributed by atoms with van der Waals surface area (Å²) >= 11 is 0. The summed E-state index contributed by atoms with van der Waals surface area (Å²) in [5.74, 6) is -1.44. The highest BCUT2D eigenvalue weighted by atomic mass is 16.5. The monoisotopic (exact) mass is 777 g/mol. The molecule has 0 saturated heterocycles. The Morgan fingerprint density at radius 1 is 0.536 bits per heavy atom. The van der Waals surface area contributed by atoms with Crippen molar-refractivity contribution in [1.82, 2.24) is 5.32 Å². The van der Waals surface area contributed by atoms with Gasteiger partial charge in [0.15, 0.2) is 0 Å². The third-order valence-electron chi connectivity index (χ3n) is 9.13. The number of aliphatic carboxylic acids is 1. The number of nitrogens with one attached hydrogen (secondary N) is 1. The minimum absolute atomic E-state index is 0.148. The predicted octanol–water partition coefficient (Wildman–Crippen LogP) is 12.7. The molecule has 0 aliphatic rings. The zero-order chi connectivity index (χ0) is 41.0. The molecule has 56 heavy (non-hydrogen) atoms. The molecule has 4 N–H and O–H groups in total. The van der Waals surface area contributed by atoms with Crippen molar-refractivity contribution in [2.24, 2.45) is 5.73 Å². The van der Waals surface area contributed by atoms with E-state index in [0.717, 1.165) is 89.9 Å². The van der Waals surface area contributed by atoms with E-state index in [0.29, 0.717) is 38.6 Å². The van der Waals surface area contributed by atoms with Gasteiger partial charge in [0.25, 0.3) is 0 Å². The Labute approximate surface area is 342 Å². The summed E-state index contributed by atoms with van der Waals surface area (Å²) in [6, 6.07) is -0.898. The van der Waals surface area contributed by atoms with Gasteiger partial charge in [-0.05, 0) is 115 Å². The topological polar surface area (TPSA) is 119 Å². The number of amides is 1. The SMILES string of the molecule is CC/C=C\C/C=C\C/C=C\C/C=C\CCCCCCCCCCC(=O)OC(/C=C\C/C=C\C/C=C\C/C=C\CC)CCCCCC(=O)NC(CCCN)C(=O)O. The first kappa shape index (κ1) is 52.3. The van der Waals surface area contributed by atoms with Crippen molar-refractivity contribution in [3.63, 3.8) is 0 Å². The highest BCUT2D eigenvalue weighted by molar-refractivity contribution is 5.83. The largest absolute Gasteiger partial charge is 0.480 e. The molecule has 0 aromatic carbocycles. The summed E-state index contributed by atoms with van der Waals surface area (Å²) in [5.41, 5.74) is 5.49. The second kappa shape index (κ2) is 42.4. The Balaban J connectivity index is 4.39. The van der Waals surface area contributed by atoms with Crippen LogP contribution >= 0.6 is 0 Å². The maximum Gasteiger partial charge on any atom is 0.326 e. The fraction of sp³-hybridized carbons (Fsp3) is 0.612. The molecular weight excluding hydrogens is 697 g/mol. The van der Waals surface area contributed by atoms with Crippen LogP contribution in [0, 0.1) is 0 Å². The number of ether oxygens (including phenoxy) is 1. The van der Waals surface area contributed by atoms with E-state index in [2.05, 4.69) is 110 Å². The summed E-state index contributed by atoms with van der Waals surface area (Å²) < 4.78 is 5.89. The Bertz CT molecular complexity index is 1190. The number of nitrogens with two attached hydrogens (primary N) is 1. The van der Waals surface area contributed by atoms with Crippen molar-refractivity contribution in [2.75, 3.05) is 6.54 Å². The van der Waals surface area contributed by atoms with Crippen LogP contribution in [0.25, 0.3) is 0 Å². The molecule has 316 valence electrons. The molecule has 0 fully saturated rings. The van der Waals surface area contributed by atoms with Crippen LogP contribution in [0.3, 0.4) is 0 Å². The fourth-order valence-corrected chi connectivity index (χ4v) is 5.88. The lowest BCUT2D eigenvalue weighted by molar-refractivity contribution is -0.147. The highest BCUT2D eigenvalue weighted by Gasteiger charge is 2.19. The quantitative estimate of drug-likeness (QED) is 0.0326. The van der Waals surface area contributed by atoms with E-state index in [-0.39, 0.29) is 24.4 Å². The van der Waals surface area contributed by atoms with Crippen molar-refractivity contribution in [2.45, 2.75) is 187 Å². The third kappa shape index (κ3) is 38.6. The lowest BCUT2D eigenvalue weighted by Crippen LogP contribution is -2.40. The van der Waals surface area contributed by atoms with Crippen LogP contribution in [0.15, 0.2) is 97.2 Å². The molecule has 0 rings (SSSR count). The molecule has 7 heteroatoms. The van der Waals surface area contributed by atoms with Gasteiger partial charge < -0.3 is 20.9 Å². The summed E-state index contributed by atoms with van der Waals surface area (Å²) in [5, 5.41) is 11.9. The standard InChI is InChI=1S/C49H80N2O5/c1-3-5-7-9-11-13-15-16-17-18-19-20-21-22-23-24-26-28-30-32-37-43-48(53)56-45(39-34-31-29-27-25-14-12-10-8-6-4-2)40-35-33-36-42-47(52)51-46(49(54)55)41-38-44-50/h5-8,11-14,16-17,19-20,27,29,34,39,45-46H,3-4,9-10,15,18,21-26,28,30-33,35-38,40-44,50H2,1-2H3,(H,51,52)(H,54,55)/b7-5-,8-6-,13-11-,14-12-,17-16-,20-19-,29-27-,39-34-. The van der Waals surface area contributed by atoms with Crippen LogP contribution < -0.4 is 11.1 Å². The first-order chi connectivity index (χ1) is 27.4.